The fourth-order valence-corrected chi connectivity index (χ4v) is 3.04. The maximum atomic E-state index is 12.5. The molecule has 1 heterocycles. The van der Waals surface area contributed by atoms with Crippen LogP contribution in [0.4, 0.5) is 0 Å². The van der Waals surface area contributed by atoms with Crippen LogP contribution in [0.3, 0.4) is 0 Å². The lowest BCUT2D eigenvalue weighted by atomic mass is 10.0. The summed E-state index contributed by atoms with van der Waals surface area (Å²) < 4.78 is 5.61. The van der Waals surface area contributed by atoms with Gasteiger partial charge in [-0.2, -0.15) is 0 Å². The normalized spacial score (nSPS) is 13.0. The van der Waals surface area contributed by atoms with Crippen molar-refractivity contribution in [3.63, 3.8) is 0 Å². The molecular weight excluding hydrogens is 356 g/mol. The average Bonchev–Trinajstić information content (AvgIpc) is 3.11. The van der Waals surface area contributed by atoms with Crippen molar-refractivity contribution in [2.45, 2.75) is 25.8 Å². The molecule has 3 N–H and O–H groups in total. The zero-order valence-corrected chi connectivity index (χ0v) is 15.7. The van der Waals surface area contributed by atoms with E-state index in [1.807, 2.05) is 54.6 Å². The quantitative estimate of drug-likeness (QED) is 0.531. The maximum Gasteiger partial charge on any atom is 0.326 e. The monoisotopic (exact) mass is 380 g/mol. The van der Waals surface area contributed by atoms with Gasteiger partial charge in [0.2, 0.25) is 5.91 Å². The van der Waals surface area contributed by atoms with Gasteiger partial charge in [-0.05, 0) is 30.2 Å². The smallest absolute Gasteiger partial charge is 0.326 e. The Labute approximate surface area is 163 Å². The minimum atomic E-state index is -1.05. The topological polar surface area (TPSA) is 91.4 Å². The summed E-state index contributed by atoms with van der Waals surface area (Å²) in [4.78, 5) is 27.3. The van der Waals surface area contributed by atoms with E-state index < -0.39 is 12.0 Å². The first-order chi connectivity index (χ1) is 13.5. The molecule has 3 aromatic rings. The number of aliphatic carboxylic acids is 1. The largest absolute Gasteiger partial charge is 0.494 e. The first-order valence-electron chi connectivity index (χ1n) is 9.30. The zero-order valence-electron chi connectivity index (χ0n) is 15.7. The Kier molecular flexibility index (Phi) is 6.32. The molecule has 0 aliphatic carbocycles. The number of hydrogen-bond acceptors (Lipinski definition) is 3. The van der Waals surface area contributed by atoms with Crippen LogP contribution in [-0.4, -0.2) is 34.6 Å². The van der Waals surface area contributed by atoms with E-state index >= 15 is 0 Å². The molecule has 0 radical (unpaired) electrons. The second-order valence-corrected chi connectivity index (χ2v) is 6.81. The number of para-hydroxylation sites is 2. The fraction of sp³-hybridized carbons (Fsp3) is 0.273. The van der Waals surface area contributed by atoms with Crippen molar-refractivity contribution < 1.29 is 19.4 Å². The molecule has 1 aromatic heterocycles. The Morgan fingerprint density at radius 3 is 2.57 bits per heavy atom. The molecule has 1 amide bonds. The lowest BCUT2D eigenvalue weighted by Gasteiger charge is -2.18. The van der Waals surface area contributed by atoms with E-state index in [9.17, 15) is 14.7 Å². The van der Waals surface area contributed by atoms with E-state index in [1.165, 1.54) is 0 Å². The van der Waals surface area contributed by atoms with Crippen LogP contribution in [-0.2, 0) is 16.0 Å². The number of aromatic nitrogens is 1. The van der Waals surface area contributed by atoms with Crippen molar-refractivity contribution in [3.05, 3.63) is 66.4 Å². The number of fused-ring (bicyclic) bond motifs is 1. The number of carboxylic acids is 1. The number of carbonyl (C=O) groups is 2. The molecule has 2 unspecified atom stereocenters. The molecule has 0 aliphatic rings. The number of nitrogens with one attached hydrogen (secondary N) is 2. The molecule has 2 atom stereocenters. The van der Waals surface area contributed by atoms with Gasteiger partial charge in [0, 0.05) is 29.4 Å². The molecule has 6 nitrogen and oxygen atoms in total. The van der Waals surface area contributed by atoms with E-state index in [0.29, 0.717) is 13.0 Å². The minimum absolute atomic E-state index is 0.221. The van der Waals surface area contributed by atoms with Crippen molar-refractivity contribution in [3.8, 4) is 5.75 Å². The molecule has 6 heteroatoms. The van der Waals surface area contributed by atoms with Crippen LogP contribution in [0.5, 0.6) is 5.75 Å². The number of rotatable bonds is 9. The molecule has 0 spiro atoms. The maximum absolute atomic E-state index is 12.5. The van der Waals surface area contributed by atoms with Crippen molar-refractivity contribution in [1.82, 2.24) is 10.3 Å². The SMILES string of the molecule is CC(CCOc1ccccc1)C(=O)NC(Cc1c[nH]c2ccccc12)C(=O)O. The lowest BCUT2D eigenvalue weighted by Crippen LogP contribution is -2.44. The van der Waals surface area contributed by atoms with Gasteiger partial charge < -0.3 is 20.1 Å². The molecule has 0 fully saturated rings. The first kappa shape index (κ1) is 19.5. The Bertz CT molecular complexity index is 936. The summed E-state index contributed by atoms with van der Waals surface area (Å²) in [5.41, 5.74) is 1.81. The highest BCUT2D eigenvalue weighted by molar-refractivity contribution is 5.87. The van der Waals surface area contributed by atoms with Gasteiger partial charge in [0.05, 0.1) is 6.61 Å². The van der Waals surface area contributed by atoms with Crippen LogP contribution in [0.25, 0.3) is 10.9 Å². The van der Waals surface area contributed by atoms with Crippen LogP contribution in [0.1, 0.15) is 18.9 Å². The van der Waals surface area contributed by atoms with E-state index in [2.05, 4.69) is 10.3 Å². The number of ether oxygens (including phenoxy) is 1. The molecule has 0 saturated heterocycles. The molecule has 146 valence electrons. The van der Waals surface area contributed by atoms with Crippen LogP contribution in [0, 0.1) is 5.92 Å². The Morgan fingerprint density at radius 2 is 1.82 bits per heavy atom. The van der Waals surface area contributed by atoms with Gasteiger partial charge >= 0.3 is 5.97 Å². The molecule has 2 aromatic carbocycles. The van der Waals surface area contributed by atoms with Crippen LogP contribution < -0.4 is 10.1 Å². The number of aromatic amines is 1. The van der Waals surface area contributed by atoms with E-state index in [1.54, 1.807) is 13.1 Å². The number of hydrogen-bond donors (Lipinski definition) is 3. The highest BCUT2D eigenvalue weighted by Gasteiger charge is 2.24. The summed E-state index contributed by atoms with van der Waals surface area (Å²) in [6.45, 7) is 2.16. The van der Waals surface area contributed by atoms with Gasteiger partial charge in [0.1, 0.15) is 11.8 Å². The standard InChI is InChI=1S/C22H24N2O4/c1-15(11-12-28-17-7-3-2-4-8-17)21(25)24-20(22(26)27)13-16-14-23-19-10-6-5-9-18(16)19/h2-10,14-15,20,23H,11-13H2,1H3,(H,24,25)(H,26,27). The van der Waals surface area contributed by atoms with Crippen molar-refractivity contribution >= 4 is 22.8 Å². The van der Waals surface area contributed by atoms with Crippen LogP contribution >= 0.6 is 0 Å². The fourth-order valence-electron chi connectivity index (χ4n) is 3.04. The van der Waals surface area contributed by atoms with Crippen molar-refractivity contribution in [2.75, 3.05) is 6.61 Å². The molecule has 0 aliphatic heterocycles. The zero-order chi connectivity index (χ0) is 19.9. The number of amides is 1. The summed E-state index contributed by atoms with van der Waals surface area (Å²) >= 11 is 0. The van der Waals surface area contributed by atoms with Gasteiger partial charge in [-0.3, -0.25) is 4.79 Å². The molecule has 3 rings (SSSR count). The highest BCUT2D eigenvalue weighted by Crippen LogP contribution is 2.19. The first-order valence-corrected chi connectivity index (χ1v) is 9.30. The van der Waals surface area contributed by atoms with Gasteiger partial charge in [0.15, 0.2) is 0 Å². The minimum Gasteiger partial charge on any atom is -0.494 e. The predicted molar refractivity (Wildman–Crippen MR) is 107 cm³/mol. The predicted octanol–water partition coefficient (Wildman–Crippen LogP) is 3.39. The number of benzene rings is 2. The van der Waals surface area contributed by atoms with Crippen LogP contribution in [0.15, 0.2) is 60.8 Å². The molecule has 28 heavy (non-hydrogen) atoms. The van der Waals surface area contributed by atoms with Crippen molar-refractivity contribution in [1.29, 1.82) is 0 Å². The van der Waals surface area contributed by atoms with Crippen molar-refractivity contribution in [2.24, 2.45) is 5.92 Å². The van der Waals surface area contributed by atoms with Gasteiger partial charge in [-0.1, -0.05) is 43.3 Å². The number of H-pyrrole nitrogens is 1. The summed E-state index contributed by atoms with van der Waals surface area (Å²) in [7, 11) is 0. The van der Waals surface area contributed by atoms with Gasteiger partial charge in [-0.25, -0.2) is 4.79 Å². The number of carboxylic acid groups (broad SMARTS) is 1. The summed E-state index contributed by atoms with van der Waals surface area (Å²) in [6.07, 6.45) is 2.52. The Hall–Kier alpha value is -3.28. The van der Waals surface area contributed by atoms with E-state index in [4.69, 9.17) is 4.74 Å². The average molecular weight is 380 g/mol. The summed E-state index contributed by atoms with van der Waals surface area (Å²) in [5, 5.41) is 13.2. The van der Waals surface area contributed by atoms with Crippen LogP contribution in [0.2, 0.25) is 0 Å². The lowest BCUT2D eigenvalue weighted by molar-refractivity contribution is -0.142. The third kappa shape index (κ3) is 4.91. The third-order valence-corrected chi connectivity index (χ3v) is 4.72. The highest BCUT2D eigenvalue weighted by atomic mass is 16.5. The third-order valence-electron chi connectivity index (χ3n) is 4.72. The van der Waals surface area contributed by atoms with Gasteiger partial charge in [-0.15, -0.1) is 0 Å². The summed E-state index contributed by atoms with van der Waals surface area (Å²) in [6, 6.07) is 16.1. The Morgan fingerprint density at radius 1 is 1.11 bits per heavy atom. The Balaban J connectivity index is 1.55. The summed E-state index contributed by atoms with van der Waals surface area (Å²) in [5.74, 6) is -0.943. The molecule has 0 bridgehead atoms. The second kappa shape index (κ2) is 9.08. The van der Waals surface area contributed by atoms with E-state index in [0.717, 1.165) is 22.2 Å². The number of carbonyl (C=O) groups excluding carboxylic acids is 1. The van der Waals surface area contributed by atoms with Gasteiger partial charge in [0.25, 0.3) is 0 Å². The van der Waals surface area contributed by atoms with E-state index in [-0.39, 0.29) is 18.2 Å². The molecule has 0 saturated carbocycles. The second-order valence-electron chi connectivity index (χ2n) is 6.81. The molecular formula is C22H24N2O4.